The van der Waals surface area contributed by atoms with Crippen molar-refractivity contribution in [3.05, 3.63) is 57.9 Å². The fourth-order valence-electron chi connectivity index (χ4n) is 2.01. The van der Waals surface area contributed by atoms with Gasteiger partial charge in [0.1, 0.15) is 5.75 Å². The van der Waals surface area contributed by atoms with E-state index in [1.165, 1.54) is 11.3 Å². The lowest BCUT2D eigenvalue weighted by Crippen LogP contribution is -2.03. The van der Waals surface area contributed by atoms with Crippen molar-refractivity contribution >= 4 is 29.3 Å². The van der Waals surface area contributed by atoms with Crippen molar-refractivity contribution in [1.82, 2.24) is 0 Å². The molecule has 0 fully saturated rings. The molecule has 0 saturated carbocycles. The number of rotatable bonds is 5. The zero-order chi connectivity index (χ0) is 15.4. The number of hydrogen-bond donors (Lipinski definition) is 0. The minimum absolute atomic E-state index is 0.288. The van der Waals surface area contributed by atoms with E-state index in [9.17, 15) is 4.79 Å². The first-order valence-corrected chi connectivity index (χ1v) is 7.94. The molecule has 22 heavy (non-hydrogen) atoms. The van der Waals surface area contributed by atoms with Gasteiger partial charge in [-0.1, -0.05) is 31.2 Å². The van der Waals surface area contributed by atoms with E-state index in [0.717, 1.165) is 22.6 Å². The number of benzene rings is 1. The van der Waals surface area contributed by atoms with Crippen LogP contribution in [-0.2, 0) is 9.53 Å². The molecule has 3 rings (SSSR count). The van der Waals surface area contributed by atoms with Crippen LogP contribution in [0.4, 0.5) is 0 Å². The summed E-state index contributed by atoms with van der Waals surface area (Å²) in [5.74, 6) is 0.663. The number of nitrogens with zero attached hydrogens (tertiary/aromatic N) is 1. The van der Waals surface area contributed by atoms with Crippen molar-refractivity contribution in [3.8, 4) is 5.75 Å². The molecule has 112 valence electrons. The van der Waals surface area contributed by atoms with Gasteiger partial charge in [0.15, 0.2) is 5.70 Å². The maximum atomic E-state index is 12.0. The van der Waals surface area contributed by atoms with Crippen LogP contribution >= 0.6 is 11.3 Å². The van der Waals surface area contributed by atoms with Crippen LogP contribution in [-0.4, -0.2) is 18.5 Å². The Hall–Kier alpha value is -2.40. The molecule has 0 amide bonds. The minimum atomic E-state index is -0.436. The van der Waals surface area contributed by atoms with Crippen LogP contribution in [0.5, 0.6) is 5.75 Å². The second kappa shape index (κ2) is 6.58. The van der Waals surface area contributed by atoms with Gasteiger partial charge in [-0.25, -0.2) is 9.79 Å². The average Bonchev–Trinajstić information content (AvgIpc) is 3.17. The predicted molar refractivity (Wildman–Crippen MR) is 87.2 cm³/mol. The molecule has 0 unspecified atom stereocenters. The molecule has 5 heteroatoms. The molecule has 2 heterocycles. The molecule has 1 aromatic carbocycles. The zero-order valence-corrected chi connectivity index (χ0v) is 12.9. The van der Waals surface area contributed by atoms with Crippen molar-refractivity contribution in [2.45, 2.75) is 13.3 Å². The summed E-state index contributed by atoms with van der Waals surface area (Å²) >= 11 is 1.48. The highest BCUT2D eigenvalue weighted by Gasteiger charge is 2.25. The van der Waals surface area contributed by atoms with Crippen molar-refractivity contribution in [3.63, 3.8) is 0 Å². The monoisotopic (exact) mass is 313 g/mol. The van der Waals surface area contributed by atoms with Gasteiger partial charge in [0, 0.05) is 5.56 Å². The molecular formula is C17H15NO3S. The standard InChI is InChI=1S/C17H15NO3S/c1-2-9-20-14-7-4-3-6-12(14)11-13-17(19)21-16(18-13)15-8-5-10-22-15/h3-8,10-11H,2,9H2,1H3. The first-order valence-electron chi connectivity index (χ1n) is 7.06. The highest BCUT2D eigenvalue weighted by molar-refractivity contribution is 7.12. The summed E-state index contributed by atoms with van der Waals surface area (Å²) < 4.78 is 10.9. The largest absolute Gasteiger partial charge is 0.493 e. The van der Waals surface area contributed by atoms with Gasteiger partial charge >= 0.3 is 5.97 Å². The van der Waals surface area contributed by atoms with Crippen LogP contribution < -0.4 is 4.74 Å². The Balaban J connectivity index is 1.90. The molecule has 0 aliphatic carbocycles. The molecule has 4 nitrogen and oxygen atoms in total. The van der Waals surface area contributed by atoms with Gasteiger partial charge < -0.3 is 9.47 Å². The number of esters is 1. The maximum absolute atomic E-state index is 12.0. The van der Waals surface area contributed by atoms with Crippen LogP contribution in [0.25, 0.3) is 6.08 Å². The molecule has 0 saturated heterocycles. The lowest BCUT2D eigenvalue weighted by atomic mass is 10.1. The molecule has 0 atom stereocenters. The van der Waals surface area contributed by atoms with Gasteiger partial charge in [0.05, 0.1) is 11.5 Å². The van der Waals surface area contributed by atoms with Crippen molar-refractivity contribution in [2.24, 2.45) is 4.99 Å². The zero-order valence-electron chi connectivity index (χ0n) is 12.1. The Bertz CT molecular complexity index is 732. The second-order valence-corrected chi connectivity index (χ2v) is 5.65. The molecule has 1 aromatic heterocycles. The van der Waals surface area contributed by atoms with Crippen molar-refractivity contribution < 1.29 is 14.3 Å². The molecular weight excluding hydrogens is 298 g/mol. The SMILES string of the molecule is CCCOc1ccccc1C=C1N=C(c2cccs2)OC1=O. The van der Waals surface area contributed by atoms with Crippen LogP contribution in [0.15, 0.2) is 52.5 Å². The summed E-state index contributed by atoms with van der Waals surface area (Å²) in [4.78, 5) is 17.1. The van der Waals surface area contributed by atoms with Gasteiger partial charge in [0.25, 0.3) is 0 Å². The number of carbonyl (C=O) groups is 1. The van der Waals surface area contributed by atoms with Gasteiger partial charge in [-0.05, 0) is 30.0 Å². The third-order valence-electron chi connectivity index (χ3n) is 3.03. The Morgan fingerprint density at radius 3 is 2.91 bits per heavy atom. The highest BCUT2D eigenvalue weighted by atomic mass is 32.1. The summed E-state index contributed by atoms with van der Waals surface area (Å²) in [6, 6.07) is 11.3. The summed E-state index contributed by atoms with van der Waals surface area (Å²) in [5.41, 5.74) is 1.11. The topological polar surface area (TPSA) is 47.9 Å². The fourth-order valence-corrected chi connectivity index (χ4v) is 2.65. The quantitative estimate of drug-likeness (QED) is 0.621. The number of carbonyl (C=O) groups excluding carboxylic acids is 1. The Morgan fingerprint density at radius 2 is 2.14 bits per heavy atom. The van der Waals surface area contributed by atoms with E-state index in [1.54, 1.807) is 6.08 Å². The molecule has 1 aliphatic heterocycles. The van der Waals surface area contributed by atoms with E-state index >= 15 is 0 Å². The molecule has 0 bridgehead atoms. The lowest BCUT2D eigenvalue weighted by Gasteiger charge is -2.07. The predicted octanol–water partition coefficient (Wildman–Crippen LogP) is 3.88. The minimum Gasteiger partial charge on any atom is -0.493 e. The Morgan fingerprint density at radius 1 is 1.27 bits per heavy atom. The number of ether oxygens (including phenoxy) is 2. The maximum Gasteiger partial charge on any atom is 0.363 e. The van der Waals surface area contributed by atoms with E-state index in [-0.39, 0.29) is 5.70 Å². The summed E-state index contributed by atoms with van der Waals surface area (Å²) in [5, 5.41) is 1.92. The molecule has 0 N–H and O–H groups in total. The summed E-state index contributed by atoms with van der Waals surface area (Å²) in [7, 11) is 0. The summed E-state index contributed by atoms with van der Waals surface area (Å²) in [6.45, 7) is 2.68. The van der Waals surface area contributed by atoms with Crippen LogP contribution in [0.1, 0.15) is 23.8 Å². The van der Waals surface area contributed by atoms with Gasteiger partial charge in [0.2, 0.25) is 5.90 Å². The van der Waals surface area contributed by atoms with Crippen molar-refractivity contribution in [1.29, 1.82) is 0 Å². The van der Waals surface area contributed by atoms with Crippen LogP contribution in [0.2, 0.25) is 0 Å². The number of para-hydroxylation sites is 1. The van der Waals surface area contributed by atoms with E-state index in [0.29, 0.717) is 12.5 Å². The van der Waals surface area contributed by atoms with E-state index < -0.39 is 5.97 Å². The number of thiophene rings is 1. The van der Waals surface area contributed by atoms with E-state index in [4.69, 9.17) is 9.47 Å². The lowest BCUT2D eigenvalue weighted by molar-refractivity contribution is -0.129. The van der Waals surface area contributed by atoms with E-state index in [2.05, 4.69) is 4.99 Å². The van der Waals surface area contributed by atoms with Crippen LogP contribution in [0.3, 0.4) is 0 Å². The van der Waals surface area contributed by atoms with Crippen molar-refractivity contribution in [2.75, 3.05) is 6.61 Å². The third kappa shape index (κ3) is 3.09. The van der Waals surface area contributed by atoms with E-state index in [1.807, 2.05) is 48.7 Å². The third-order valence-corrected chi connectivity index (χ3v) is 3.88. The number of aliphatic imine (C=N–C) groups is 1. The first kappa shape index (κ1) is 14.5. The molecule has 1 aliphatic rings. The molecule has 0 radical (unpaired) electrons. The Labute approximate surface area is 132 Å². The summed E-state index contributed by atoms with van der Waals surface area (Å²) in [6.07, 6.45) is 2.63. The van der Waals surface area contributed by atoms with Gasteiger partial charge in [-0.3, -0.25) is 0 Å². The average molecular weight is 313 g/mol. The normalized spacial score (nSPS) is 15.8. The smallest absolute Gasteiger partial charge is 0.363 e. The van der Waals surface area contributed by atoms with Gasteiger partial charge in [-0.2, -0.15) is 0 Å². The van der Waals surface area contributed by atoms with Crippen LogP contribution in [0, 0.1) is 0 Å². The molecule has 2 aromatic rings. The van der Waals surface area contributed by atoms with Gasteiger partial charge in [-0.15, -0.1) is 11.3 Å². The number of hydrogen-bond acceptors (Lipinski definition) is 5. The fraction of sp³-hybridized carbons (Fsp3) is 0.176. The highest BCUT2D eigenvalue weighted by Crippen LogP contribution is 2.25. The second-order valence-electron chi connectivity index (χ2n) is 4.70. The molecule has 0 spiro atoms. The first-order chi connectivity index (χ1) is 10.8. The number of cyclic esters (lactones) is 1. The Kier molecular flexibility index (Phi) is 4.34.